The first kappa shape index (κ1) is 34.8. The van der Waals surface area contributed by atoms with Crippen molar-refractivity contribution in [3.8, 4) is 11.5 Å². The van der Waals surface area contributed by atoms with Gasteiger partial charge in [-0.05, 0) is 79.2 Å². The second kappa shape index (κ2) is 17.1. The second-order valence-corrected chi connectivity index (χ2v) is 12.2. The van der Waals surface area contributed by atoms with Crippen molar-refractivity contribution in [1.82, 2.24) is 5.32 Å². The van der Waals surface area contributed by atoms with Gasteiger partial charge in [-0.25, -0.2) is 0 Å². The van der Waals surface area contributed by atoms with E-state index in [-0.39, 0.29) is 11.6 Å². The van der Waals surface area contributed by atoms with E-state index in [9.17, 15) is 14.4 Å². The molecule has 3 N–H and O–H groups in total. The Morgan fingerprint density at radius 1 is 0.796 bits per heavy atom. The Morgan fingerprint density at radius 2 is 1.47 bits per heavy atom. The van der Waals surface area contributed by atoms with Gasteiger partial charge >= 0.3 is 0 Å². The summed E-state index contributed by atoms with van der Waals surface area (Å²) >= 11 is 7.55. The molecule has 0 aliphatic rings. The zero-order chi connectivity index (χ0) is 34.6. The van der Waals surface area contributed by atoms with E-state index in [1.807, 2.05) is 67.6 Å². The molecule has 0 radical (unpaired) electrons. The largest absolute Gasteiger partial charge is 0.495 e. The van der Waals surface area contributed by atoms with Crippen LogP contribution in [0.1, 0.15) is 33.7 Å². The summed E-state index contributed by atoms with van der Waals surface area (Å²) in [6.07, 6.45) is 1.59. The number of rotatable bonds is 13. The molecule has 5 rings (SSSR count). The van der Waals surface area contributed by atoms with Crippen molar-refractivity contribution < 1.29 is 23.9 Å². The van der Waals surface area contributed by atoms with Crippen molar-refractivity contribution in [3.05, 3.63) is 155 Å². The molecule has 248 valence electrons. The molecule has 0 saturated carbocycles. The summed E-state index contributed by atoms with van der Waals surface area (Å²) in [5.41, 5.74) is 2.85. The van der Waals surface area contributed by atoms with Crippen LogP contribution in [-0.4, -0.2) is 31.4 Å². The highest BCUT2D eigenvalue weighted by Crippen LogP contribution is 2.38. The molecular weight excluding hydrogens is 658 g/mol. The van der Waals surface area contributed by atoms with E-state index < -0.39 is 17.1 Å². The molecule has 1 atom stereocenters. The van der Waals surface area contributed by atoms with Gasteiger partial charge in [0.05, 0.1) is 19.4 Å². The lowest BCUT2D eigenvalue weighted by Crippen LogP contribution is -2.30. The lowest BCUT2D eigenvalue weighted by Gasteiger charge is -2.19. The Bertz CT molecular complexity index is 1940. The van der Waals surface area contributed by atoms with Gasteiger partial charge in [-0.15, -0.1) is 11.8 Å². The molecule has 0 spiro atoms. The van der Waals surface area contributed by atoms with E-state index in [0.717, 1.165) is 10.5 Å². The SMILES string of the molecule is CCOc1ccccc1/C=C(\NC(=O)c1ccccc1)C(=O)Nc1ccc(SC(C(=O)Nc2cc(Cl)ccc2OC)c2ccccc2)cc1. The third kappa shape index (κ3) is 9.53. The van der Waals surface area contributed by atoms with E-state index in [1.54, 1.807) is 72.8 Å². The van der Waals surface area contributed by atoms with Crippen molar-refractivity contribution in [2.45, 2.75) is 17.1 Å². The summed E-state index contributed by atoms with van der Waals surface area (Å²) in [5.74, 6) is -0.137. The fourth-order valence-electron chi connectivity index (χ4n) is 4.81. The van der Waals surface area contributed by atoms with Crippen LogP contribution < -0.4 is 25.4 Å². The summed E-state index contributed by atoms with van der Waals surface area (Å²) in [6.45, 7) is 2.31. The van der Waals surface area contributed by atoms with Gasteiger partial charge in [-0.3, -0.25) is 14.4 Å². The average Bonchev–Trinajstić information content (AvgIpc) is 3.12. The van der Waals surface area contributed by atoms with Crippen LogP contribution in [0.25, 0.3) is 6.08 Å². The smallest absolute Gasteiger partial charge is 0.272 e. The van der Waals surface area contributed by atoms with Crippen molar-refractivity contribution in [1.29, 1.82) is 0 Å². The second-order valence-electron chi connectivity index (χ2n) is 10.6. The van der Waals surface area contributed by atoms with Crippen LogP contribution in [0.3, 0.4) is 0 Å². The van der Waals surface area contributed by atoms with Gasteiger partial charge < -0.3 is 25.4 Å². The maximum Gasteiger partial charge on any atom is 0.272 e. The first-order valence-electron chi connectivity index (χ1n) is 15.4. The Labute approximate surface area is 294 Å². The third-order valence-corrected chi connectivity index (χ3v) is 8.67. The number of halogens is 1. The minimum Gasteiger partial charge on any atom is -0.495 e. The Hall–Kier alpha value is -5.51. The summed E-state index contributed by atoms with van der Waals surface area (Å²) < 4.78 is 11.1. The lowest BCUT2D eigenvalue weighted by molar-refractivity contribution is -0.116. The van der Waals surface area contributed by atoms with Crippen LogP contribution in [0.4, 0.5) is 11.4 Å². The van der Waals surface area contributed by atoms with Crippen molar-refractivity contribution in [2.24, 2.45) is 0 Å². The van der Waals surface area contributed by atoms with Crippen LogP contribution in [0.5, 0.6) is 11.5 Å². The number of para-hydroxylation sites is 1. The van der Waals surface area contributed by atoms with Crippen LogP contribution in [0, 0.1) is 0 Å². The Kier molecular flexibility index (Phi) is 12.1. The molecule has 10 heteroatoms. The molecule has 0 aliphatic heterocycles. The lowest BCUT2D eigenvalue weighted by atomic mass is 10.1. The first-order chi connectivity index (χ1) is 23.8. The number of anilines is 2. The molecule has 49 heavy (non-hydrogen) atoms. The molecule has 0 aliphatic carbocycles. The standard InChI is InChI=1S/C39H34ClN3O5S/c1-3-48-34-17-11-10-16-28(34)24-33(43-37(44)27-14-8-5-9-15-27)38(45)41-30-19-21-31(22-20-30)49-36(26-12-6-4-7-13-26)39(46)42-32-25-29(40)18-23-35(32)47-2/h4-25,36H,3H2,1-2H3,(H,41,45)(H,42,46)(H,43,44)/b33-24-. The van der Waals surface area contributed by atoms with Gasteiger partial charge in [0.25, 0.3) is 11.8 Å². The summed E-state index contributed by atoms with van der Waals surface area (Å²) in [6, 6.07) is 37.5. The maximum atomic E-state index is 13.7. The summed E-state index contributed by atoms with van der Waals surface area (Å²) in [7, 11) is 1.53. The van der Waals surface area contributed by atoms with E-state index in [0.29, 0.717) is 45.6 Å². The topological polar surface area (TPSA) is 106 Å². The fourth-order valence-corrected chi connectivity index (χ4v) is 6.01. The van der Waals surface area contributed by atoms with E-state index in [4.69, 9.17) is 21.1 Å². The monoisotopic (exact) mass is 691 g/mol. The number of nitrogens with one attached hydrogen (secondary N) is 3. The molecule has 5 aromatic carbocycles. The highest BCUT2D eigenvalue weighted by molar-refractivity contribution is 8.00. The molecule has 3 amide bonds. The quantitative estimate of drug-likeness (QED) is 0.0843. The average molecular weight is 692 g/mol. The molecule has 0 aromatic heterocycles. The normalized spacial score (nSPS) is 11.6. The minimum atomic E-state index is -0.613. The molecule has 8 nitrogen and oxygen atoms in total. The van der Waals surface area contributed by atoms with Crippen LogP contribution in [-0.2, 0) is 9.59 Å². The van der Waals surface area contributed by atoms with Crippen LogP contribution >= 0.6 is 23.4 Å². The van der Waals surface area contributed by atoms with Gasteiger partial charge in [-0.2, -0.15) is 0 Å². The highest BCUT2D eigenvalue weighted by atomic mass is 35.5. The first-order valence-corrected chi connectivity index (χ1v) is 16.7. The summed E-state index contributed by atoms with van der Waals surface area (Å²) in [5, 5.41) is 8.45. The summed E-state index contributed by atoms with van der Waals surface area (Å²) in [4.78, 5) is 41.2. The highest BCUT2D eigenvalue weighted by Gasteiger charge is 2.24. The van der Waals surface area contributed by atoms with Crippen molar-refractivity contribution in [3.63, 3.8) is 0 Å². The fraction of sp³-hybridized carbons (Fsp3) is 0.103. The van der Waals surface area contributed by atoms with E-state index in [2.05, 4.69) is 16.0 Å². The molecular formula is C39H34ClN3O5S. The molecule has 0 fully saturated rings. The number of benzene rings is 5. The number of hydrogen-bond acceptors (Lipinski definition) is 6. The number of amides is 3. The van der Waals surface area contributed by atoms with Gasteiger partial charge in [0, 0.05) is 26.7 Å². The molecule has 1 unspecified atom stereocenters. The van der Waals surface area contributed by atoms with Gasteiger partial charge in [0.1, 0.15) is 22.4 Å². The number of ether oxygens (including phenoxy) is 2. The zero-order valence-corrected chi connectivity index (χ0v) is 28.4. The molecule has 0 bridgehead atoms. The van der Waals surface area contributed by atoms with E-state index >= 15 is 0 Å². The van der Waals surface area contributed by atoms with Crippen LogP contribution in [0.2, 0.25) is 5.02 Å². The number of thioether (sulfide) groups is 1. The van der Waals surface area contributed by atoms with Gasteiger partial charge in [0.15, 0.2) is 0 Å². The van der Waals surface area contributed by atoms with Gasteiger partial charge in [-0.1, -0.05) is 78.3 Å². The number of methoxy groups -OCH3 is 1. The third-order valence-electron chi connectivity index (χ3n) is 7.17. The number of carbonyl (C=O) groups excluding carboxylic acids is 3. The minimum absolute atomic E-state index is 0.0386. The zero-order valence-electron chi connectivity index (χ0n) is 26.8. The predicted octanol–water partition coefficient (Wildman–Crippen LogP) is 8.63. The maximum absolute atomic E-state index is 13.7. The van der Waals surface area contributed by atoms with Gasteiger partial charge in [0.2, 0.25) is 5.91 Å². The Morgan fingerprint density at radius 3 is 2.16 bits per heavy atom. The molecule has 5 aromatic rings. The van der Waals surface area contributed by atoms with E-state index in [1.165, 1.54) is 18.9 Å². The van der Waals surface area contributed by atoms with Crippen LogP contribution in [0.15, 0.2) is 138 Å². The Balaban J connectivity index is 1.36. The molecule has 0 heterocycles. The van der Waals surface area contributed by atoms with Crippen molar-refractivity contribution >= 4 is 58.5 Å². The predicted molar refractivity (Wildman–Crippen MR) is 196 cm³/mol. The number of hydrogen-bond donors (Lipinski definition) is 3. The number of carbonyl (C=O) groups is 3. The molecule has 0 saturated heterocycles. The van der Waals surface area contributed by atoms with Crippen molar-refractivity contribution in [2.75, 3.05) is 24.4 Å².